The fourth-order valence-electron chi connectivity index (χ4n) is 2.93. The second kappa shape index (κ2) is 6.92. The van der Waals surface area contributed by atoms with E-state index in [0.29, 0.717) is 18.3 Å². The van der Waals surface area contributed by atoms with Crippen molar-refractivity contribution in [1.82, 2.24) is 14.9 Å². The van der Waals surface area contributed by atoms with E-state index in [-0.39, 0.29) is 5.82 Å². The van der Waals surface area contributed by atoms with Gasteiger partial charge in [0.15, 0.2) is 11.6 Å². The largest absolute Gasteiger partial charge is 0.490 e. The van der Waals surface area contributed by atoms with Gasteiger partial charge < -0.3 is 14.6 Å². The Morgan fingerprint density at radius 2 is 2.27 bits per heavy atom. The van der Waals surface area contributed by atoms with Crippen LogP contribution in [0.1, 0.15) is 30.3 Å². The number of aromatic nitrogens is 2. The summed E-state index contributed by atoms with van der Waals surface area (Å²) < 4.78 is 18.9. The van der Waals surface area contributed by atoms with E-state index >= 15 is 0 Å². The molecule has 4 nitrogen and oxygen atoms in total. The lowest BCUT2D eigenvalue weighted by Crippen LogP contribution is -2.23. The summed E-state index contributed by atoms with van der Waals surface area (Å²) in [6.45, 7) is 5.67. The van der Waals surface area contributed by atoms with E-state index in [0.717, 1.165) is 44.0 Å². The Labute approximate surface area is 130 Å². The van der Waals surface area contributed by atoms with Crippen LogP contribution >= 0.6 is 0 Å². The fraction of sp³-hybridized carbons (Fsp3) is 0.471. The number of hydrogen-bond acceptors (Lipinski definition) is 3. The first kappa shape index (κ1) is 15.0. The zero-order valence-corrected chi connectivity index (χ0v) is 12.9. The molecule has 2 heterocycles. The number of likely N-dealkylation sites (tertiary alicyclic amines) is 1. The highest BCUT2D eigenvalue weighted by atomic mass is 19.1. The van der Waals surface area contributed by atoms with Gasteiger partial charge in [0, 0.05) is 30.9 Å². The first-order valence-electron chi connectivity index (χ1n) is 7.83. The van der Waals surface area contributed by atoms with Gasteiger partial charge in [-0.2, -0.15) is 0 Å². The molecule has 0 saturated carbocycles. The quantitative estimate of drug-likeness (QED) is 0.834. The molecular formula is C17H22FN3O. The third-order valence-electron chi connectivity index (χ3n) is 4.09. The molecule has 0 radical (unpaired) electrons. The van der Waals surface area contributed by atoms with E-state index in [1.54, 1.807) is 18.2 Å². The van der Waals surface area contributed by atoms with E-state index in [1.165, 1.54) is 6.07 Å². The Hall–Kier alpha value is -1.88. The molecular weight excluding hydrogens is 281 g/mol. The number of imidazole rings is 1. The average Bonchev–Trinajstić information content (AvgIpc) is 3.14. The predicted octanol–water partition coefficient (Wildman–Crippen LogP) is 3.12. The van der Waals surface area contributed by atoms with Crippen molar-refractivity contribution in [3.63, 3.8) is 0 Å². The van der Waals surface area contributed by atoms with E-state index in [2.05, 4.69) is 14.9 Å². The molecule has 118 valence electrons. The minimum absolute atomic E-state index is 0.295. The summed E-state index contributed by atoms with van der Waals surface area (Å²) in [5, 5.41) is 0. The maximum Gasteiger partial charge on any atom is 0.165 e. The number of nitrogens with one attached hydrogen (secondary N) is 1. The molecule has 0 spiro atoms. The fourth-order valence-corrected chi connectivity index (χ4v) is 2.93. The third kappa shape index (κ3) is 3.65. The number of H-pyrrole nitrogens is 1. The molecule has 1 aliphatic rings. The van der Waals surface area contributed by atoms with Crippen LogP contribution in [0.25, 0.3) is 0 Å². The van der Waals surface area contributed by atoms with Crippen molar-refractivity contribution in [2.75, 3.05) is 26.2 Å². The number of hydrogen-bond donors (Lipinski definition) is 1. The zero-order valence-electron chi connectivity index (χ0n) is 12.9. The van der Waals surface area contributed by atoms with E-state index in [1.807, 2.05) is 13.1 Å². The van der Waals surface area contributed by atoms with Gasteiger partial charge in [0.05, 0.1) is 6.61 Å². The average molecular weight is 303 g/mol. The first-order chi connectivity index (χ1) is 10.7. The van der Waals surface area contributed by atoms with Crippen LogP contribution < -0.4 is 4.74 Å². The number of benzene rings is 1. The van der Waals surface area contributed by atoms with E-state index < -0.39 is 0 Å². The molecule has 0 bridgehead atoms. The molecule has 0 aliphatic carbocycles. The van der Waals surface area contributed by atoms with E-state index in [4.69, 9.17) is 4.74 Å². The standard InChI is InChI=1S/C17H22FN3O/c1-13-11-19-17(20-13)14-7-9-21(12-14)8-4-10-22-16-6-3-2-5-15(16)18/h2-3,5-6,11,14H,4,7-10,12H2,1H3,(H,19,20). The monoisotopic (exact) mass is 303 g/mol. The van der Waals surface area contributed by atoms with Crippen LogP contribution in [-0.2, 0) is 0 Å². The van der Waals surface area contributed by atoms with Crippen LogP contribution in [0.5, 0.6) is 5.75 Å². The topological polar surface area (TPSA) is 41.2 Å². The lowest BCUT2D eigenvalue weighted by atomic mass is 10.1. The van der Waals surface area contributed by atoms with Crippen molar-refractivity contribution < 1.29 is 9.13 Å². The second-order valence-electron chi connectivity index (χ2n) is 5.87. The molecule has 1 aliphatic heterocycles. The molecule has 5 heteroatoms. The van der Waals surface area contributed by atoms with Crippen molar-refractivity contribution in [2.24, 2.45) is 0 Å². The number of halogens is 1. The van der Waals surface area contributed by atoms with Crippen LogP contribution in [-0.4, -0.2) is 41.1 Å². The molecule has 1 N–H and O–H groups in total. The van der Waals surface area contributed by atoms with Crippen molar-refractivity contribution in [2.45, 2.75) is 25.7 Å². The molecule has 1 atom stereocenters. The second-order valence-corrected chi connectivity index (χ2v) is 5.87. The van der Waals surface area contributed by atoms with Crippen molar-refractivity contribution in [1.29, 1.82) is 0 Å². The number of aromatic amines is 1. The lowest BCUT2D eigenvalue weighted by Gasteiger charge is -2.15. The maximum atomic E-state index is 13.4. The summed E-state index contributed by atoms with van der Waals surface area (Å²) in [7, 11) is 0. The van der Waals surface area contributed by atoms with E-state index in [9.17, 15) is 4.39 Å². The van der Waals surface area contributed by atoms with Gasteiger partial charge in [-0.05, 0) is 38.4 Å². The minimum Gasteiger partial charge on any atom is -0.490 e. The number of para-hydroxylation sites is 1. The maximum absolute atomic E-state index is 13.4. The van der Waals surface area contributed by atoms with Crippen LogP contribution in [0, 0.1) is 12.7 Å². The number of rotatable bonds is 6. The predicted molar refractivity (Wildman–Crippen MR) is 83.6 cm³/mol. The summed E-state index contributed by atoms with van der Waals surface area (Å²) in [6, 6.07) is 6.55. The molecule has 22 heavy (non-hydrogen) atoms. The normalized spacial score (nSPS) is 18.7. The van der Waals surface area contributed by atoms with Crippen molar-refractivity contribution in [3.8, 4) is 5.75 Å². The van der Waals surface area contributed by atoms with Crippen molar-refractivity contribution >= 4 is 0 Å². The number of nitrogens with zero attached hydrogens (tertiary/aromatic N) is 2. The lowest BCUT2D eigenvalue weighted by molar-refractivity contribution is 0.254. The summed E-state index contributed by atoms with van der Waals surface area (Å²) in [4.78, 5) is 10.2. The minimum atomic E-state index is -0.295. The van der Waals surface area contributed by atoms with Gasteiger partial charge in [0.1, 0.15) is 5.82 Å². The Morgan fingerprint density at radius 3 is 3.05 bits per heavy atom. The summed E-state index contributed by atoms with van der Waals surface area (Å²) in [6.07, 6.45) is 3.93. The van der Waals surface area contributed by atoms with Gasteiger partial charge in [-0.3, -0.25) is 0 Å². The van der Waals surface area contributed by atoms with Gasteiger partial charge in [-0.25, -0.2) is 9.37 Å². The Bertz CT molecular complexity index is 613. The Morgan fingerprint density at radius 1 is 1.41 bits per heavy atom. The Balaban J connectivity index is 1.39. The molecule has 1 saturated heterocycles. The molecule has 1 fully saturated rings. The summed E-state index contributed by atoms with van der Waals surface area (Å²) >= 11 is 0. The number of ether oxygens (including phenoxy) is 1. The molecule has 1 aromatic heterocycles. The van der Waals surface area contributed by atoms with Crippen LogP contribution in [0.15, 0.2) is 30.5 Å². The molecule has 1 unspecified atom stereocenters. The van der Waals surface area contributed by atoms with Crippen LogP contribution in [0.2, 0.25) is 0 Å². The molecule has 2 aromatic rings. The SMILES string of the molecule is Cc1cnc(C2CCN(CCCOc3ccccc3F)C2)[nH]1. The molecule has 0 amide bonds. The highest BCUT2D eigenvalue weighted by Gasteiger charge is 2.25. The molecule has 3 rings (SSSR count). The van der Waals surface area contributed by atoms with Gasteiger partial charge in [-0.1, -0.05) is 12.1 Å². The Kier molecular flexibility index (Phi) is 4.73. The first-order valence-corrected chi connectivity index (χ1v) is 7.83. The van der Waals surface area contributed by atoms with Gasteiger partial charge in [-0.15, -0.1) is 0 Å². The van der Waals surface area contributed by atoms with Gasteiger partial charge >= 0.3 is 0 Å². The zero-order chi connectivity index (χ0) is 15.4. The summed E-state index contributed by atoms with van der Waals surface area (Å²) in [5.74, 6) is 1.65. The van der Waals surface area contributed by atoms with Crippen LogP contribution in [0.4, 0.5) is 4.39 Å². The van der Waals surface area contributed by atoms with Crippen LogP contribution in [0.3, 0.4) is 0 Å². The van der Waals surface area contributed by atoms with Gasteiger partial charge in [0.25, 0.3) is 0 Å². The third-order valence-corrected chi connectivity index (χ3v) is 4.09. The highest BCUT2D eigenvalue weighted by Crippen LogP contribution is 2.25. The molecule has 1 aromatic carbocycles. The smallest absolute Gasteiger partial charge is 0.165 e. The summed E-state index contributed by atoms with van der Waals surface area (Å²) in [5.41, 5.74) is 1.12. The van der Waals surface area contributed by atoms with Gasteiger partial charge in [0.2, 0.25) is 0 Å². The van der Waals surface area contributed by atoms with Crippen molar-refractivity contribution in [3.05, 3.63) is 47.8 Å². The highest BCUT2D eigenvalue weighted by molar-refractivity contribution is 5.23. The number of aryl methyl sites for hydroxylation is 1.